The van der Waals surface area contributed by atoms with Gasteiger partial charge in [-0.25, -0.2) is 0 Å². The molecule has 1 aromatic rings. The van der Waals surface area contributed by atoms with Crippen LogP contribution in [0.4, 0.5) is 5.69 Å². The molecular weight excluding hydrogens is 304 g/mol. The van der Waals surface area contributed by atoms with Gasteiger partial charge in [-0.05, 0) is 24.8 Å². The molecule has 0 aliphatic carbocycles. The molecule has 0 radical (unpaired) electrons. The number of hydrogen-bond acceptors (Lipinski definition) is 4. The minimum atomic E-state index is -0.0836. The number of carbonyl (C=O) groups is 2. The van der Waals surface area contributed by atoms with E-state index in [-0.39, 0.29) is 18.4 Å². The molecule has 0 saturated carbocycles. The van der Waals surface area contributed by atoms with E-state index in [0.29, 0.717) is 18.2 Å². The number of anilines is 1. The molecule has 0 atom stereocenters. The summed E-state index contributed by atoms with van der Waals surface area (Å²) >= 11 is 3.34. The molecule has 1 N–H and O–H groups in total. The monoisotopic (exact) mass is 326 g/mol. The minimum Gasteiger partial charge on any atom is -0.355 e. The molecule has 0 bridgehead atoms. The van der Waals surface area contributed by atoms with Crippen LogP contribution in [0.1, 0.15) is 32.1 Å². The summed E-state index contributed by atoms with van der Waals surface area (Å²) in [5.41, 5.74) is 0.920. The molecule has 2 amide bonds. The van der Waals surface area contributed by atoms with Crippen molar-refractivity contribution < 1.29 is 9.59 Å². The first-order valence-corrected chi connectivity index (χ1v) is 9.14. The zero-order valence-corrected chi connectivity index (χ0v) is 14.4. The third kappa shape index (κ3) is 4.23. The predicted octanol–water partition coefficient (Wildman–Crippen LogP) is 2.91. The average Bonchev–Trinajstić information content (AvgIpc) is 2.81. The van der Waals surface area contributed by atoms with E-state index in [9.17, 15) is 9.59 Å². The standard InChI is InChI=1S/C15H22N2O2S2/c1-4-5-16-13(18)8-17-12-7-11(6-10(2)3)21-15(12)20-9-14(17)19/h7,10H,4-6,8-9H2,1-3H3,(H,16,18). The predicted molar refractivity (Wildman–Crippen MR) is 89.2 cm³/mol. The summed E-state index contributed by atoms with van der Waals surface area (Å²) in [6.07, 6.45) is 1.92. The summed E-state index contributed by atoms with van der Waals surface area (Å²) in [6, 6.07) is 2.08. The van der Waals surface area contributed by atoms with E-state index in [1.165, 1.54) is 4.88 Å². The Kier molecular flexibility index (Phi) is 5.70. The number of rotatable bonds is 6. The van der Waals surface area contributed by atoms with Crippen LogP contribution in [0, 0.1) is 5.92 Å². The van der Waals surface area contributed by atoms with Crippen LogP contribution in [0.15, 0.2) is 10.3 Å². The summed E-state index contributed by atoms with van der Waals surface area (Å²) in [7, 11) is 0. The van der Waals surface area contributed by atoms with Crippen molar-refractivity contribution in [1.82, 2.24) is 5.32 Å². The second-order valence-electron chi connectivity index (χ2n) is 5.60. The number of nitrogens with one attached hydrogen (secondary N) is 1. The zero-order valence-electron chi connectivity index (χ0n) is 12.8. The van der Waals surface area contributed by atoms with Gasteiger partial charge in [0, 0.05) is 11.4 Å². The van der Waals surface area contributed by atoms with E-state index in [0.717, 1.165) is 22.7 Å². The minimum absolute atomic E-state index is 0.0213. The molecule has 0 fully saturated rings. The summed E-state index contributed by atoms with van der Waals surface area (Å²) in [6.45, 7) is 7.17. The van der Waals surface area contributed by atoms with Crippen LogP contribution in [0.5, 0.6) is 0 Å². The van der Waals surface area contributed by atoms with Crippen LogP contribution in [0.3, 0.4) is 0 Å². The van der Waals surface area contributed by atoms with Crippen molar-refractivity contribution in [3.05, 3.63) is 10.9 Å². The van der Waals surface area contributed by atoms with Gasteiger partial charge in [-0.3, -0.25) is 9.59 Å². The fraction of sp³-hybridized carbons (Fsp3) is 0.600. The van der Waals surface area contributed by atoms with Crippen LogP contribution >= 0.6 is 23.1 Å². The fourth-order valence-electron chi connectivity index (χ4n) is 2.18. The Hall–Kier alpha value is -1.01. The smallest absolute Gasteiger partial charge is 0.240 e. The van der Waals surface area contributed by atoms with Crippen molar-refractivity contribution in [2.75, 3.05) is 23.7 Å². The molecule has 0 spiro atoms. The van der Waals surface area contributed by atoms with Crippen LogP contribution in [0.25, 0.3) is 0 Å². The van der Waals surface area contributed by atoms with E-state index in [2.05, 4.69) is 25.2 Å². The molecule has 0 aromatic carbocycles. The lowest BCUT2D eigenvalue weighted by atomic mass is 10.1. The quantitative estimate of drug-likeness (QED) is 0.874. The van der Waals surface area contributed by atoms with Gasteiger partial charge in [0.1, 0.15) is 6.54 Å². The van der Waals surface area contributed by atoms with Gasteiger partial charge >= 0.3 is 0 Å². The summed E-state index contributed by atoms with van der Waals surface area (Å²) in [5, 5.41) is 2.83. The molecule has 21 heavy (non-hydrogen) atoms. The van der Waals surface area contributed by atoms with E-state index in [4.69, 9.17) is 0 Å². The SMILES string of the molecule is CCCNC(=O)CN1C(=O)CSc2sc(CC(C)C)cc21. The van der Waals surface area contributed by atoms with Gasteiger partial charge in [-0.2, -0.15) is 0 Å². The normalized spacial score (nSPS) is 14.5. The van der Waals surface area contributed by atoms with Gasteiger partial charge in [0.2, 0.25) is 11.8 Å². The third-order valence-corrected chi connectivity index (χ3v) is 5.54. The van der Waals surface area contributed by atoms with E-state index in [1.54, 1.807) is 28.0 Å². The number of fused-ring (bicyclic) bond motifs is 1. The number of carbonyl (C=O) groups excluding carboxylic acids is 2. The average molecular weight is 326 g/mol. The molecule has 0 saturated heterocycles. The molecule has 6 heteroatoms. The Bertz CT molecular complexity index is 526. The molecular formula is C15H22N2O2S2. The largest absolute Gasteiger partial charge is 0.355 e. The van der Waals surface area contributed by atoms with Crippen LogP contribution < -0.4 is 10.2 Å². The van der Waals surface area contributed by atoms with Gasteiger partial charge < -0.3 is 10.2 Å². The lowest BCUT2D eigenvalue weighted by Gasteiger charge is -2.25. The van der Waals surface area contributed by atoms with Gasteiger partial charge in [0.15, 0.2) is 0 Å². The van der Waals surface area contributed by atoms with E-state index < -0.39 is 0 Å². The zero-order chi connectivity index (χ0) is 15.4. The number of hydrogen-bond donors (Lipinski definition) is 1. The molecule has 1 aliphatic rings. The van der Waals surface area contributed by atoms with Gasteiger partial charge in [0.05, 0.1) is 15.6 Å². The van der Waals surface area contributed by atoms with Gasteiger partial charge in [-0.1, -0.05) is 20.8 Å². The topological polar surface area (TPSA) is 49.4 Å². The van der Waals surface area contributed by atoms with Crippen LogP contribution in [-0.4, -0.2) is 30.7 Å². The highest BCUT2D eigenvalue weighted by Crippen LogP contribution is 2.42. The molecule has 1 aromatic heterocycles. The molecule has 4 nitrogen and oxygen atoms in total. The Morgan fingerprint density at radius 1 is 1.48 bits per heavy atom. The van der Waals surface area contributed by atoms with Crippen LogP contribution in [0.2, 0.25) is 0 Å². The van der Waals surface area contributed by atoms with Crippen molar-refractivity contribution in [2.45, 2.75) is 37.8 Å². The van der Waals surface area contributed by atoms with Crippen LogP contribution in [-0.2, 0) is 16.0 Å². The first kappa shape index (κ1) is 16.4. The van der Waals surface area contributed by atoms with E-state index in [1.807, 2.05) is 6.92 Å². The molecule has 116 valence electrons. The summed E-state index contributed by atoms with van der Waals surface area (Å²) in [5.74, 6) is 0.954. The van der Waals surface area contributed by atoms with Crippen molar-refractivity contribution in [3.8, 4) is 0 Å². The van der Waals surface area contributed by atoms with Crippen molar-refractivity contribution in [3.63, 3.8) is 0 Å². The Morgan fingerprint density at radius 2 is 2.24 bits per heavy atom. The molecule has 1 aliphatic heterocycles. The van der Waals surface area contributed by atoms with Crippen molar-refractivity contribution in [2.24, 2.45) is 5.92 Å². The second kappa shape index (κ2) is 7.31. The molecule has 2 heterocycles. The highest BCUT2D eigenvalue weighted by Gasteiger charge is 2.28. The highest BCUT2D eigenvalue weighted by molar-refractivity contribution is 8.02. The molecule has 0 unspecified atom stereocenters. The second-order valence-corrected chi connectivity index (χ2v) is 7.98. The maximum Gasteiger partial charge on any atom is 0.240 e. The Balaban J connectivity index is 2.13. The Morgan fingerprint density at radius 3 is 2.90 bits per heavy atom. The maximum absolute atomic E-state index is 12.1. The van der Waals surface area contributed by atoms with E-state index >= 15 is 0 Å². The van der Waals surface area contributed by atoms with Crippen molar-refractivity contribution in [1.29, 1.82) is 0 Å². The lowest BCUT2D eigenvalue weighted by Crippen LogP contribution is -2.43. The first-order valence-electron chi connectivity index (χ1n) is 7.33. The highest BCUT2D eigenvalue weighted by atomic mass is 32.2. The summed E-state index contributed by atoms with van der Waals surface area (Å²) < 4.78 is 1.16. The van der Waals surface area contributed by atoms with Crippen molar-refractivity contribution >= 4 is 40.6 Å². The lowest BCUT2D eigenvalue weighted by molar-refractivity contribution is -0.122. The fourth-order valence-corrected chi connectivity index (χ4v) is 4.74. The molecule has 2 rings (SSSR count). The third-order valence-electron chi connectivity index (χ3n) is 3.13. The van der Waals surface area contributed by atoms with Gasteiger partial charge in [0.25, 0.3) is 0 Å². The number of amides is 2. The number of nitrogens with zero attached hydrogens (tertiary/aromatic N) is 1. The summed E-state index contributed by atoms with van der Waals surface area (Å²) in [4.78, 5) is 27.0. The Labute approximate surface area is 134 Å². The first-order chi connectivity index (χ1) is 10.0. The number of thioether (sulfide) groups is 1. The number of thiophene rings is 1. The maximum atomic E-state index is 12.1. The van der Waals surface area contributed by atoms with Gasteiger partial charge in [-0.15, -0.1) is 23.1 Å².